The molecule has 1 saturated heterocycles. The Morgan fingerprint density at radius 2 is 1.93 bits per heavy atom. The predicted octanol–water partition coefficient (Wildman–Crippen LogP) is 1.57. The van der Waals surface area contributed by atoms with Gasteiger partial charge in [0.15, 0.2) is 0 Å². The van der Waals surface area contributed by atoms with Gasteiger partial charge in [-0.05, 0) is 24.7 Å². The minimum absolute atomic E-state index is 0.137. The van der Waals surface area contributed by atoms with E-state index in [-0.39, 0.29) is 5.82 Å². The van der Waals surface area contributed by atoms with E-state index in [1.807, 2.05) is 6.07 Å². The van der Waals surface area contributed by atoms with Gasteiger partial charge in [-0.3, -0.25) is 4.90 Å². The summed E-state index contributed by atoms with van der Waals surface area (Å²) in [6, 6.07) is 6.88. The molecule has 0 aliphatic carbocycles. The molecule has 82 valence electrons. The van der Waals surface area contributed by atoms with Gasteiger partial charge in [-0.25, -0.2) is 4.39 Å². The second kappa shape index (κ2) is 4.73. The summed E-state index contributed by atoms with van der Waals surface area (Å²) in [6.07, 6.45) is 0. The van der Waals surface area contributed by atoms with Crippen LogP contribution in [0.2, 0.25) is 0 Å². The molecule has 0 atom stereocenters. The number of nitrogens with zero attached hydrogens (tertiary/aromatic N) is 2. The van der Waals surface area contributed by atoms with Crippen molar-refractivity contribution in [2.24, 2.45) is 0 Å². The van der Waals surface area contributed by atoms with Crippen molar-refractivity contribution in [3.63, 3.8) is 0 Å². The Balaban J connectivity index is 1.92. The van der Waals surface area contributed by atoms with Crippen molar-refractivity contribution in [2.75, 3.05) is 33.2 Å². The summed E-state index contributed by atoms with van der Waals surface area (Å²) in [7, 11) is 2.14. The Morgan fingerprint density at radius 1 is 1.20 bits per heavy atom. The molecule has 0 spiro atoms. The molecule has 0 saturated carbocycles. The highest BCUT2D eigenvalue weighted by atomic mass is 19.1. The average molecular weight is 208 g/mol. The van der Waals surface area contributed by atoms with E-state index in [0.29, 0.717) is 0 Å². The maximum Gasteiger partial charge on any atom is 0.123 e. The molecule has 1 fully saturated rings. The SMILES string of the molecule is CN1CCN(Cc2cccc(F)c2)CC1. The average Bonchev–Trinajstić information content (AvgIpc) is 2.22. The number of rotatable bonds is 2. The normalized spacial score (nSPS) is 19.3. The molecule has 1 aromatic rings. The molecule has 15 heavy (non-hydrogen) atoms. The van der Waals surface area contributed by atoms with E-state index in [0.717, 1.165) is 38.3 Å². The number of hydrogen-bond donors (Lipinski definition) is 0. The third kappa shape index (κ3) is 3.01. The van der Waals surface area contributed by atoms with Crippen LogP contribution in [0.3, 0.4) is 0 Å². The van der Waals surface area contributed by atoms with E-state index < -0.39 is 0 Å². The second-order valence-corrected chi connectivity index (χ2v) is 4.21. The molecular formula is C12H17FN2. The van der Waals surface area contributed by atoms with Crippen LogP contribution in [0.15, 0.2) is 24.3 Å². The first-order valence-electron chi connectivity index (χ1n) is 5.39. The van der Waals surface area contributed by atoms with E-state index in [9.17, 15) is 4.39 Å². The molecule has 2 rings (SSSR count). The summed E-state index contributed by atoms with van der Waals surface area (Å²) >= 11 is 0. The molecule has 0 N–H and O–H groups in total. The lowest BCUT2D eigenvalue weighted by Crippen LogP contribution is -2.43. The summed E-state index contributed by atoms with van der Waals surface area (Å²) in [6.45, 7) is 5.23. The van der Waals surface area contributed by atoms with E-state index in [1.165, 1.54) is 6.07 Å². The number of halogens is 1. The second-order valence-electron chi connectivity index (χ2n) is 4.21. The fourth-order valence-electron chi connectivity index (χ4n) is 1.90. The summed E-state index contributed by atoms with van der Waals surface area (Å²) in [5.74, 6) is -0.137. The molecule has 1 aliphatic heterocycles. The first-order valence-corrected chi connectivity index (χ1v) is 5.39. The number of benzene rings is 1. The first-order chi connectivity index (χ1) is 7.24. The van der Waals surface area contributed by atoms with Gasteiger partial charge in [0.25, 0.3) is 0 Å². The van der Waals surface area contributed by atoms with Crippen molar-refractivity contribution in [3.8, 4) is 0 Å². The van der Waals surface area contributed by atoms with Crippen molar-refractivity contribution in [1.82, 2.24) is 9.80 Å². The molecule has 3 heteroatoms. The lowest BCUT2D eigenvalue weighted by molar-refractivity contribution is 0.148. The molecule has 1 heterocycles. The Hall–Kier alpha value is -0.930. The highest BCUT2D eigenvalue weighted by Crippen LogP contribution is 2.09. The van der Waals surface area contributed by atoms with Gasteiger partial charge in [-0.2, -0.15) is 0 Å². The van der Waals surface area contributed by atoms with Gasteiger partial charge in [-0.15, -0.1) is 0 Å². The fourth-order valence-corrected chi connectivity index (χ4v) is 1.90. The molecule has 0 bridgehead atoms. The van der Waals surface area contributed by atoms with Crippen molar-refractivity contribution in [2.45, 2.75) is 6.54 Å². The van der Waals surface area contributed by atoms with E-state index in [1.54, 1.807) is 12.1 Å². The van der Waals surface area contributed by atoms with Crippen molar-refractivity contribution in [1.29, 1.82) is 0 Å². The minimum Gasteiger partial charge on any atom is -0.304 e. The molecule has 0 unspecified atom stereocenters. The first kappa shape index (κ1) is 10.6. The Morgan fingerprint density at radius 3 is 2.60 bits per heavy atom. The third-order valence-corrected chi connectivity index (χ3v) is 2.89. The van der Waals surface area contributed by atoms with Crippen LogP contribution in [-0.4, -0.2) is 43.0 Å². The summed E-state index contributed by atoms with van der Waals surface area (Å²) in [4.78, 5) is 4.69. The van der Waals surface area contributed by atoms with Crippen LogP contribution < -0.4 is 0 Å². The van der Waals surface area contributed by atoms with Gasteiger partial charge in [0, 0.05) is 32.7 Å². The van der Waals surface area contributed by atoms with Gasteiger partial charge in [-0.1, -0.05) is 12.1 Å². The van der Waals surface area contributed by atoms with Crippen LogP contribution in [0, 0.1) is 5.82 Å². The standard InChI is InChI=1S/C12H17FN2/c1-14-5-7-15(8-6-14)10-11-3-2-4-12(13)9-11/h2-4,9H,5-8,10H2,1H3. The topological polar surface area (TPSA) is 6.48 Å². The zero-order chi connectivity index (χ0) is 10.7. The van der Waals surface area contributed by atoms with Crippen LogP contribution >= 0.6 is 0 Å². The summed E-state index contributed by atoms with van der Waals surface area (Å²) in [5, 5.41) is 0. The highest BCUT2D eigenvalue weighted by molar-refractivity contribution is 5.16. The number of piperazine rings is 1. The highest BCUT2D eigenvalue weighted by Gasteiger charge is 2.13. The lowest BCUT2D eigenvalue weighted by Gasteiger charge is -2.32. The quantitative estimate of drug-likeness (QED) is 0.728. The van der Waals surface area contributed by atoms with Crippen LogP contribution in [0.4, 0.5) is 4.39 Å². The molecular weight excluding hydrogens is 191 g/mol. The Bertz CT molecular complexity index is 319. The molecule has 0 aromatic heterocycles. The monoisotopic (exact) mass is 208 g/mol. The largest absolute Gasteiger partial charge is 0.304 e. The Kier molecular flexibility index (Phi) is 3.34. The van der Waals surface area contributed by atoms with Crippen molar-refractivity contribution >= 4 is 0 Å². The Labute approximate surface area is 90.3 Å². The number of likely N-dealkylation sites (N-methyl/N-ethyl adjacent to an activating group) is 1. The molecule has 0 amide bonds. The van der Waals surface area contributed by atoms with E-state index in [4.69, 9.17) is 0 Å². The van der Waals surface area contributed by atoms with E-state index >= 15 is 0 Å². The van der Waals surface area contributed by atoms with Gasteiger partial charge >= 0.3 is 0 Å². The van der Waals surface area contributed by atoms with Crippen LogP contribution in [0.1, 0.15) is 5.56 Å². The number of hydrogen-bond acceptors (Lipinski definition) is 2. The van der Waals surface area contributed by atoms with Crippen LogP contribution in [-0.2, 0) is 6.54 Å². The third-order valence-electron chi connectivity index (χ3n) is 2.89. The fraction of sp³-hybridized carbons (Fsp3) is 0.500. The van der Waals surface area contributed by atoms with Crippen LogP contribution in [0.5, 0.6) is 0 Å². The minimum atomic E-state index is -0.137. The van der Waals surface area contributed by atoms with Gasteiger partial charge in [0.1, 0.15) is 5.82 Å². The molecule has 0 radical (unpaired) electrons. The molecule has 1 aromatic carbocycles. The summed E-state index contributed by atoms with van der Waals surface area (Å²) < 4.78 is 13.0. The zero-order valence-electron chi connectivity index (χ0n) is 9.12. The van der Waals surface area contributed by atoms with Crippen LogP contribution in [0.25, 0.3) is 0 Å². The predicted molar refractivity (Wildman–Crippen MR) is 59.2 cm³/mol. The maximum atomic E-state index is 13.0. The van der Waals surface area contributed by atoms with E-state index in [2.05, 4.69) is 16.8 Å². The smallest absolute Gasteiger partial charge is 0.123 e. The summed E-state index contributed by atoms with van der Waals surface area (Å²) in [5.41, 5.74) is 1.07. The molecule has 2 nitrogen and oxygen atoms in total. The lowest BCUT2D eigenvalue weighted by atomic mass is 10.2. The van der Waals surface area contributed by atoms with Gasteiger partial charge in [0.2, 0.25) is 0 Å². The van der Waals surface area contributed by atoms with Crippen molar-refractivity contribution < 1.29 is 4.39 Å². The van der Waals surface area contributed by atoms with Gasteiger partial charge < -0.3 is 4.90 Å². The molecule has 1 aliphatic rings. The van der Waals surface area contributed by atoms with Gasteiger partial charge in [0.05, 0.1) is 0 Å². The zero-order valence-corrected chi connectivity index (χ0v) is 9.12. The maximum absolute atomic E-state index is 13.0. The van der Waals surface area contributed by atoms with Crippen molar-refractivity contribution in [3.05, 3.63) is 35.6 Å².